The normalized spacial score (nSPS) is 10.1. The summed E-state index contributed by atoms with van der Waals surface area (Å²) >= 11 is 0. The number of hydrazine groups is 1. The number of hydrogen-bond donors (Lipinski definition) is 2. The van der Waals surface area contributed by atoms with Crippen LogP contribution in [-0.4, -0.2) is 14.8 Å². The highest BCUT2D eigenvalue weighted by Gasteiger charge is 1.99. The number of nitrogens with one attached hydrogen (secondary N) is 1. The molecule has 3 N–H and O–H groups in total. The van der Waals surface area contributed by atoms with E-state index in [9.17, 15) is 0 Å². The van der Waals surface area contributed by atoms with E-state index in [1.165, 1.54) is 0 Å². The second-order valence-corrected chi connectivity index (χ2v) is 2.99. The van der Waals surface area contributed by atoms with Gasteiger partial charge in [-0.3, -0.25) is 0 Å². The summed E-state index contributed by atoms with van der Waals surface area (Å²) in [6, 6.07) is 5.53. The van der Waals surface area contributed by atoms with E-state index in [4.69, 9.17) is 5.84 Å². The fraction of sp³-hybridized carbons (Fsp3) is 0.111. The fourth-order valence-electron chi connectivity index (χ4n) is 1.17. The molecule has 0 aromatic carbocycles. The van der Waals surface area contributed by atoms with Crippen LogP contribution in [0.25, 0.3) is 5.82 Å². The third-order valence-corrected chi connectivity index (χ3v) is 1.83. The van der Waals surface area contributed by atoms with Crippen LogP contribution in [0.15, 0.2) is 30.6 Å². The van der Waals surface area contributed by atoms with Gasteiger partial charge in [-0.15, -0.1) is 0 Å². The number of aromatic nitrogens is 3. The summed E-state index contributed by atoms with van der Waals surface area (Å²) in [5.41, 5.74) is 3.59. The Kier molecular flexibility index (Phi) is 2.16. The van der Waals surface area contributed by atoms with Crippen LogP contribution in [0.1, 0.15) is 5.56 Å². The first-order valence-corrected chi connectivity index (χ1v) is 4.25. The molecule has 14 heavy (non-hydrogen) atoms. The van der Waals surface area contributed by atoms with Gasteiger partial charge in [-0.25, -0.2) is 15.5 Å². The molecule has 0 fully saturated rings. The van der Waals surface area contributed by atoms with Gasteiger partial charge >= 0.3 is 0 Å². The highest BCUT2D eigenvalue weighted by Crippen LogP contribution is 2.08. The molecule has 5 heteroatoms. The van der Waals surface area contributed by atoms with Crippen molar-refractivity contribution in [1.29, 1.82) is 0 Å². The van der Waals surface area contributed by atoms with Crippen LogP contribution in [-0.2, 0) is 0 Å². The molecule has 0 bridgehead atoms. The quantitative estimate of drug-likeness (QED) is 0.543. The fourth-order valence-corrected chi connectivity index (χ4v) is 1.17. The van der Waals surface area contributed by atoms with Gasteiger partial charge in [-0.2, -0.15) is 5.10 Å². The lowest BCUT2D eigenvalue weighted by Gasteiger charge is -2.02. The van der Waals surface area contributed by atoms with E-state index in [1.54, 1.807) is 16.9 Å². The molecule has 2 rings (SSSR count). The van der Waals surface area contributed by atoms with Crippen molar-refractivity contribution >= 4 is 5.82 Å². The van der Waals surface area contributed by atoms with E-state index >= 15 is 0 Å². The van der Waals surface area contributed by atoms with Crippen molar-refractivity contribution in [2.45, 2.75) is 6.92 Å². The maximum Gasteiger partial charge on any atom is 0.155 e. The Balaban J connectivity index is 2.41. The van der Waals surface area contributed by atoms with E-state index < -0.39 is 0 Å². The molecule has 0 radical (unpaired) electrons. The Labute approximate surface area is 81.5 Å². The number of aryl methyl sites for hydroxylation is 1. The van der Waals surface area contributed by atoms with Crippen LogP contribution in [0.2, 0.25) is 0 Å². The molecule has 0 atom stereocenters. The first-order chi connectivity index (χ1) is 6.79. The number of pyridine rings is 1. The van der Waals surface area contributed by atoms with Crippen molar-refractivity contribution in [2.75, 3.05) is 5.43 Å². The van der Waals surface area contributed by atoms with Gasteiger partial charge < -0.3 is 5.43 Å². The van der Waals surface area contributed by atoms with Crippen LogP contribution < -0.4 is 11.3 Å². The maximum absolute atomic E-state index is 5.26. The monoisotopic (exact) mass is 189 g/mol. The predicted octanol–water partition coefficient (Wildman–Crippen LogP) is 0.861. The van der Waals surface area contributed by atoms with E-state index in [0.29, 0.717) is 5.82 Å². The van der Waals surface area contributed by atoms with Gasteiger partial charge in [0.1, 0.15) is 5.82 Å². The number of nitrogens with two attached hydrogens (primary N) is 1. The van der Waals surface area contributed by atoms with Crippen LogP contribution in [0.4, 0.5) is 5.82 Å². The van der Waals surface area contributed by atoms with Gasteiger partial charge in [-0.05, 0) is 24.6 Å². The second kappa shape index (κ2) is 3.47. The Morgan fingerprint density at radius 2 is 2.29 bits per heavy atom. The summed E-state index contributed by atoms with van der Waals surface area (Å²) < 4.78 is 1.70. The average Bonchev–Trinajstić information content (AvgIpc) is 2.65. The molecule has 2 aromatic rings. The highest BCUT2D eigenvalue weighted by molar-refractivity contribution is 5.38. The first-order valence-electron chi connectivity index (χ1n) is 4.25. The van der Waals surface area contributed by atoms with E-state index in [2.05, 4.69) is 15.5 Å². The van der Waals surface area contributed by atoms with Gasteiger partial charge in [0.25, 0.3) is 0 Å². The van der Waals surface area contributed by atoms with Gasteiger partial charge in [0.15, 0.2) is 5.82 Å². The molecule has 0 aliphatic heterocycles. The van der Waals surface area contributed by atoms with E-state index in [-0.39, 0.29) is 0 Å². The Morgan fingerprint density at radius 3 is 2.93 bits per heavy atom. The van der Waals surface area contributed by atoms with Gasteiger partial charge in [0.05, 0.1) is 6.20 Å². The van der Waals surface area contributed by atoms with Crippen molar-refractivity contribution in [2.24, 2.45) is 5.84 Å². The van der Waals surface area contributed by atoms with Crippen LogP contribution in [0, 0.1) is 6.92 Å². The standard InChI is InChI=1S/C9H11N5/c1-7-5-11-14(6-7)9-4-2-3-8(12-9)13-10/h2-6H,10H2,1H3,(H,12,13). The lowest BCUT2D eigenvalue weighted by atomic mass is 10.4. The van der Waals surface area contributed by atoms with E-state index in [1.807, 2.05) is 25.3 Å². The summed E-state index contributed by atoms with van der Waals surface area (Å²) in [6.45, 7) is 1.98. The minimum absolute atomic E-state index is 0.621. The average molecular weight is 189 g/mol. The number of rotatable bonds is 2. The third-order valence-electron chi connectivity index (χ3n) is 1.83. The largest absolute Gasteiger partial charge is 0.308 e. The summed E-state index contributed by atoms with van der Waals surface area (Å²) in [5.74, 6) is 6.62. The molecule has 0 saturated heterocycles. The van der Waals surface area contributed by atoms with Crippen molar-refractivity contribution in [3.05, 3.63) is 36.2 Å². The van der Waals surface area contributed by atoms with Crippen LogP contribution in [0.3, 0.4) is 0 Å². The molecule has 2 heterocycles. The second-order valence-electron chi connectivity index (χ2n) is 2.99. The number of nitrogens with zero attached hydrogens (tertiary/aromatic N) is 3. The van der Waals surface area contributed by atoms with Crippen molar-refractivity contribution < 1.29 is 0 Å². The zero-order valence-electron chi connectivity index (χ0n) is 7.81. The zero-order valence-corrected chi connectivity index (χ0v) is 7.81. The molecule has 0 aliphatic rings. The molecular formula is C9H11N5. The predicted molar refractivity (Wildman–Crippen MR) is 53.9 cm³/mol. The molecule has 5 nitrogen and oxygen atoms in total. The summed E-state index contributed by atoms with van der Waals surface area (Å²) in [5, 5.41) is 4.15. The minimum atomic E-state index is 0.621. The number of hydrogen-bond acceptors (Lipinski definition) is 4. The minimum Gasteiger partial charge on any atom is -0.308 e. The highest BCUT2D eigenvalue weighted by atomic mass is 15.3. The first kappa shape index (κ1) is 8.71. The molecule has 0 spiro atoms. The smallest absolute Gasteiger partial charge is 0.155 e. The molecule has 0 saturated carbocycles. The SMILES string of the molecule is Cc1cnn(-c2cccc(NN)n2)c1. The number of anilines is 1. The van der Waals surface area contributed by atoms with Gasteiger partial charge in [-0.1, -0.05) is 6.07 Å². The molecule has 0 aliphatic carbocycles. The van der Waals surface area contributed by atoms with Crippen molar-refractivity contribution in [1.82, 2.24) is 14.8 Å². The summed E-state index contributed by atoms with van der Waals surface area (Å²) in [6.07, 6.45) is 3.69. The van der Waals surface area contributed by atoms with Gasteiger partial charge in [0.2, 0.25) is 0 Å². The molecule has 2 aromatic heterocycles. The summed E-state index contributed by atoms with van der Waals surface area (Å²) in [7, 11) is 0. The zero-order chi connectivity index (χ0) is 9.97. The lowest BCUT2D eigenvalue weighted by Crippen LogP contribution is -2.09. The maximum atomic E-state index is 5.26. The Hall–Kier alpha value is -1.88. The summed E-state index contributed by atoms with van der Waals surface area (Å²) in [4.78, 5) is 4.24. The molecular weight excluding hydrogens is 178 g/mol. The topological polar surface area (TPSA) is 68.8 Å². The van der Waals surface area contributed by atoms with Crippen LogP contribution >= 0.6 is 0 Å². The number of nitrogen functional groups attached to an aromatic ring is 1. The lowest BCUT2D eigenvalue weighted by molar-refractivity contribution is 0.847. The van der Waals surface area contributed by atoms with Gasteiger partial charge in [0, 0.05) is 6.20 Å². The Morgan fingerprint density at radius 1 is 1.43 bits per heavy atom. The Bertz CT molecular complexity index is 434. The van der Waals surface area contributed by atoms with Crippen molar-refractivity contribution in [3.63, 3.8) is 0 Å². The van der Waals surface area contributed by atoms with Crippen LogP contribution in [0.5, 0.6) is 0 Å². The van der Waals surface area contributed by atoms with E-state index in [0.717, 1.165) is 11.4 Å². The molecule has 0 amide bonds. The molecule has 0 unspecified atom stereocenters. The van der Waals surface area contributed by atoms with Crippen molar-refractivity contribution in [3.8, 4) is 5.82 Å². The third kappa shape index (κ3) is 1.57. The molecule has 72 valence electrons.